The third kappa shape index (κ3) is 7.28. The minimum absolute atomic E-state index is 0.268. The molecule has 0 bridgehead atoms. The first-order chi connectivity index (χ1) is 18.4. The van der Waals surface area contributed by atoms with Crippen LogP contribution in [0.5, 0.6) is 23.0 Å². The summed E-state index contributed by atoms with van der Waals surface area (Å²) in [5.74, 6) is 2.07. The highest BCUT2D eigenvalue weighted by Gasteiger charge is 2.25. The van der Waals surface area contributed by atoms with Gasteiger partial charge < -0.3 is 28.5 Å². The first kappa shape index (κ1) is 32.5. The van der Waals surface area contributed by atoms with Gasteiger partial charge in [-0.1, -0.05) is 27.7 Å². The summed E-state index contributed by atoms with van der Waals surface area (Å²) in [7, 11) is 9.59. The number of carbonyl (C=O) groups excluding carboxylic acids is 2. The summed E-state index contributed by atoms with van der Waals surface area (Å²) < 4.78 is 27.1. The minimum Gasteiger partial charge on any atom is -0.493 e. The molecule has 0 spiro atoms. The van der Waals surface area contributed by atoms with Gasteiger partial charge in [0.25, 0.3) is 0 Å². The van der Waals surface area contributed by atoms with Gasteiger partial charge in [0.2, 0.25) is 0 Å². The van der Waals surface area contributed by atoms with Gasteiger partial charge in [-0.2, -0.15) is 0 Å². The van der Waals surface area contributed by atoms with Gasteiger partial charge in [0.1, 0.15) is 12.3 Å². The molecule has 0 radical (unpaired) electrons. The van der Waals surface area contributed by atoms with Crippen molar-refractivity contribution in [1.29, 1.82) is 0 Å². The number of ether oxygens (including phenoxy) is 5. The second kappa shape index (κ2) is 16.3. The SMILES string of the molecule is CC.CC.COC(=O)C(CCC=O)N(C)Cc1cc2cc(OC)c(OC)cc2c2cc(OC)c(OC)cc12. The van der Waals surface area contributed by atoms with E-state index < -0.39 is 6.04 Å². The van der Waals surface area contributed by atoms with Crippen molar-refractivity contribution in [1.82, 2.24) is 4.90 Å². The van der Waals surface area contributed by atoms with Gasteiger partial charge in [0.05, 0.1) is 35.5 Å². The first-order valence-corrected chi connectivity index (χ1v) is 12.9. The predicted molar refractivity (Wildman–Crippen MR) is 153 cm³/mol. The Morgan fingerprint density at radius 1 is 0.763 bits per heavy atom. The summed E-state index contributed by atoms with van der Waals surface area (Å²) >= 11 is 0. The summed E-state index contributed by atoms with van der Waals surface area (Å²) in [4.78, 5) is 25.3. The molecule has 1 atom stereocenters. The van der Waals surface area contributed by atoms with Crippen molar-refractivity contribution in [2.24, 2.45) is 0 Å². The number of hydrogen-bond acceptors (Lipinski definition) is 8. The molecule has 8 nitrogen and oxygen atoms in total. The maximum Gasteiger partial charge on any atom is 0.323 e. The number of esters is 1. The van der Waals surface area contributed by atoms with Crippen LogP contribution in [0.2, 0.25) is 0 Å². The molecule has 3 rings (SSSR count). The molecule has 0 fully saturated rings. The smallest absolute Gasteiger partial charge is 0.323 e. The van der Waals surface area contributed by atoms with E-state index in [1.165, 1.54) is 7.11 Å². The summed E-state index contributed by atoms with van der Waals surface area (Å²) in [5, 5.41) is 3.80. The van der Waals surface area contributed by atoms with Crippen molar-refractivity contribution in [3.63, 3.8) is 0 Å². The van der Waals surface area contributed by atoms with Crippen molar-refractivity contribution >= 4 is 33.8 Å². The van der Waals surface area contributed by atoms with Crippen LogP contribution in [0.15, 0.2) is 30.3 Å². The van der Waals surface area contributed by atoms with E-state index in [-0.39, 0.29) is 12.4 Å². The Hall–Kier alpha value is -3.52. The van der Waals surface area contributed by atoms with E-state index in [9.17, 15) is 9.59 Å². The molecule has 0 amide bonds. The molecule has 0 saturated carbocycles. The summed E-state index contributed by atoms with van der Waals surface area (Å²) in [6.07, 6.45) is 1.46. The number of hydrogen-bond donors (Lipinski definition) is 0. The second-order valence-electron chi connectivity index (χ2n) is 7.91. The standard InChI is InChI=1S/C26H31NO7.2C2H6/c1-27(21(8-7-9-28)26(29)34-6)15-17-10-16-11-22(30-2)23(31-3)12-18(16)20-14-25(33-5)24(32-4)13-19(17)20;2*1-2/h9-14,21H,7-8,15H2,1-6H3;2*1-2H3. The molecule has 210 valence electrons. The molecule has 0 aliphatic carbocycles. The van der Waals surface area contributed by atoms with E-state index in [0.29, 0.717) is 36.0 Å². The highest BCUT2D eigenvalue weighted by atomic mass is 16.5. The second-order valence-corrected chi connectivity index (χ2v) is 7.91. The van der Waals surface area contributed by atoms with Crippen molar-refractivity contribution in [3.05, 3.63) is 35.9 Å². The van der Waals surface area contributed by atoms with Gasteiger partial charge in [-0.15, -0.1) is 0 Å². The summed E-state index contributed by atoms with van der Waals surface area (Å²) in [6, 6.07) is 9.26. The minimum atomic E-state index is -0.550. The maximum atomic E-state index is 12.4. The number of methoxy groups -OCH3 is 5. The highest BCUT2D eigenvalue weighted by molar-refractivity contribution is 6.11. The number of fused-ring (bicyclic) bond motifs is 3. The van der Waals surface area contributed by atoms with Crippen LogP contribution >= 0.6 is 0 Å². The molecule has 3 aromatic rings. The fourth-order valence-corrected chi connectivity index (χ4v) is 4.27. The summed E-state index contributed by atoms with van der Waals surface area (Å²) in [6.45, 7) is 8.44. The largest absolute Gasteiger partial charge is 0.493 e. The molecule has 0 aliphatic rings. The number of rotatable bonds is 11. The Bertz CT molecular complexity index is 1190. The number of aldehydes is 1. The molecule has 0 N–H and O–H groups in total. The van der Waals surface area contributed by atoms with Crippen LogP contribution in [0, 0.1) is 0 Å². The first-order valence-electron chi connectivity index (χ1n) is 12.9. The van der Waals surface area contributed by atoms with Gasteiger partial charge in [-0.25, -0.2) is 0 Å². The molecule has 0 aromatic heterocycles. The third-order valence-electron chi connectivity index (χ3n) is 6.03. The molecular weight excluding hydrogens is 486 g/mol. The Labute approximate surface area is 226 Å². The fourth-order valence-electron chi connectivity index (χ4n) is 4.27. The lowest BCUT2D eigenvalue weighted by atomic mass is 9.95. The van der Waals surface area contributed by atoms with E-state index in [1.807, 2.05) is 63.9 Å². The van der Waals surface area contributed by atoms with Gasteiger partial charge in [0, 0.05) is 13.0 Å². The topological polar surface area (TPSA) is 83.5 Å². The zero-order valence-corrected chi connectivity index (χ0v) is 24.5. The van der Waals surface area contributed by atoms with Crippen LogP contribution in [0.4, 0.5) is 0 Å². The zero-order valence-electron chi connectivity index (χ0n) is 24.5. The highest BCUT2D eigenvalue weighted by Crippen LogP contribution is 2.41. The van der Waals surface area contributed by atoms with E-state index in [0.717, 1.165) is 33.4 Å². The number of nitrogens with zero attached hydrogens (tertiary/aromatic N) is 1. The van der Waals surface area contributed by atoms with E-state index >= 15 is 0 Å². The van der Waals surface area contributed by atoms with E-state index in [2.05, 4.69) is 6.07 Å². The Morgan fingerprint density at radius 3 is 1.71 bits per heavy atom. The molecule has 38 heavy (non-hydrogen) atoms. The maximum absolute atomic E-state index is 12.4. The quantitative estimate of drug-likeness (QED) is 0.169. The van der Waals surface area contributed by atoms with E-state index in [4.69, 9.17) is 23.7 Å². The Morgan fingerprint density at radius 2 is 1.24 bits per heavy atom. The molecule has 8 heteroatoms. The van der Waals surface area contributed by atoms with Crippen molar-refractivity contribution in [3.8, 4) is 23.0 Å². The lowest BCUT2D eigenvalue weighted by molar-refractivity contribution is -0.147. The average Bonchev–Trinajstić information content (AvgIpc) is 2.97. The molecular formula is C30H43NO7. The zero-order chi connectivity index (χ0) is 28.8. The van der Waals surface area contributed by atoms with Crippen LogP contribution < -0.4 is 18.9 Å². The molecule has 3 aromatic carbocycles. The lowest BCUT2D eigenvalue weighted by Gasteiger charge is -2.26. The third-order valence-corrected chi connectivity index (χ3v) is 6.03. The molecule has 0 aliphatic heterocycles. The van der Waals surface area contributed by atoms with Crippen LogP contribution in [-0.2, 0) is 20.9 Å². The number of carbonyl (C=O) groups is 2. The Kier molecular flexibility index (Phi) is 14.0. The van der Waals surface area contributed by atoms with Crippen LogP contribution in [0.3, 0.4) is 0 Å². The molecule has 0 saturated heterocycles. The van der Waals surface area contributed by atoms with Crippen molar-refractivity contribution < 1.29 is 33.3 Å². The predicted octanol–water partition coefficient (Wildman–Crippen LogP) is 6.03. The average molecular weight is 530 g/mol. The van der Waals surface area contributed by atoms with Crippen molar-refractivity contribution in [2.45, 2.75) is 53.1 Å². The monoisotopic (exact) mass is 529 g/mol. The van der Waals surface area contributed by atoms with Crippen LogP contribution in [0.1, 0.15) is 46.1 Å². The van der Waals surface area contributed by atoms with Crippen LogP contribution in [-0.4, -0.2) is 65.8 Å². The summed E-state index contributed by atoms with van der Waals surface area (Å²) in [5.41, 5.74) is 0.971. The lowest BCUT2D eigenvalue weighted by Crippen LogP contribution is -2.39. The molecule has 1 unspecified atom stereocenters. The van der Waals surface area contributed by atoms with Gasteiger partial charge in [-0.3, -0.25) is 9.69 Å². The van der Waals surface area contributed by atoms with Crippen LogP contribution in [0.25, 0.3) is 21.5 Å². The van der Waals surface area contributed by atoms with Gasteiger partial charge >= 0.3 is 5.97 Å². The van der Waals surface area contributed by atoms with Gasteiger partial charge in [-0.05, 0) is 70.9 Å². The number of benzene rings is 3. The normalized spacial score (nSPS) is 11.0. The van der Waals surface area contributed by atoms with Crippen molar-refractivity contribution in [2.75, 3.05) is 42.6 Å². The molecule has 0 heterocycles. The number of likely N-dealkylation sites (N-methyl/N-ethyl adjacent to an activating group) is 1. The fraction of sp³-hybridized carbons (Fsp3) is 0.467. The van der Waals surface area contributed by atoms with Gasteiger partial charge in [0.15, 0.2) is 23.0 Å². The Balaban J connectivity index is 0.00000172. The van der Waals surface area contributed by atoms with E-state index in [1.54, 1.807) is 28.4 Å².